The van der Waals surface area contributed by atoms with Crippen molar-refractivity contribution >= 4 is 0 Å². The highest BCUT2D eigenvalue weighted by atomic mass is 15.3. The van der Waals surface area contributed by atoms with Crippen molar-refractivity contribution in [3.63, 3.8) is 0 Å². The zero-order valence-corrected chi connectivity index (χ0v) is 9.35. The molecule has 0 aromatic carbocycles. The third kappa shape index (κ3) is 2.35. The number of nitrogens with two attached hydrogens (primary N) is 1. The summed E-state index contributed by atoms with van der Waals surface area (Å²) >= 11 is 0. The molecule has 0 saturated heterocycles. The van der Waals surface area contributed by atoms with Crippen LogP contribution >= 0.6 is 0 Å². The van der Waals surface area contributed by atoms with Gasteiger partial charge in [0.15, 0.2) is 0 Å². The Balaban J connectivity index is 2.05. The minimum Gasteiger partial charge on any atom is -0.271 e. The van der Waals surface area contributed by atoms with E-state index in [9.17, 15) is 0 Å². The summed E-state index contributed by atoms with van der Waals surface area (Å²) in [7, 11) is 0. The maximum absolute atomic E-state index is 5.55. The van der Waals surface area contributed by atoms with Crippen LogP contribution in [0.15, 0.2) is 6.33 Å². The molecule has 0 bridgehead atoms. The Labute approximate surface area is 90.0 Å². The third-order valence-electron chi connectivity index (χ3n) is 2.94. The molecule has 1 unspecified atom stereocenters. The zero-order valence-electron chi connectivity index (χ0n) is 9.35. The Morgan fingerprint density at radius 2 is 2.33 bits per heavy atom. The van der Waals surface area contributed by atoms with Gasteiger partial charge in [-0.25, -0.2) is 9.67 Å². The predicted molar refractivity (Wildman–Crippen MR) is 57.9 cm³/mol. The minimum absolute atomic E-state index is 0.353. The Morgan fingerprint density at radius 1 is 1.60 bits per heavy atom. The summed E-state index contributed by atoms with van der Waals surface area (Å²) < 4.78 is 1.96. The molecule has 1 aliphatic carbocycles. The van der Waals surface area contributed by atoms with Gasteiger partial charge in [-0.1, -0.05) is 0 Å². The maximum atomic E-state index is 5.55. The van der Waals surface area contributed by atoms with E-state index >= 15 is 0 Å². The fourth-order valence-corrected chi connectivity index (χ4v) is 1.91. The van der Waals surface area contributed by atoms with Gasteiger partial charge < -0.3 is 0 Å². The van der Waals surface area contributed by atoms with E-state index < -0.39 is 0 Å². The number of hydrogen-bond acceptors (Lipinski definition) is 4. The lowest BCUT2D eigenvalue weighted by Crippen LogP contribution is -2.39. The molecule has 2 rings (SSSR count). The Morgan fingerprint density at radius 3 is 2.87 bits per heavy atom. The molecule has 1 aromatic rings. The van der Waals surface area contributed by atoms with Crippen LogP contribution in [0.4, 0.5) is 0 Å². The summed E-state index contributed by atoms with van der Waals surface area (Å²) in [5, 5.41) is 4.22. The van der Waals surface area contributed by atoms with Gasteiger partial charge in [0.05, 0.1) is 0 Å². The standard InChI is InChI=1S/C10H19N5/c1-7(2)15-10(12-6-13-15)5-9(14-11)8-3-4-8/h6-9,14H,3-5,11H2,1-2H3. The summed E-state index contributed by atoms with van der Waals surface area (Å²) in [6.07, 6.45) is 5.06. The average molecular weight is 209 g/mol. The third-order valence-corrected chi connectivity index (χ3v) is 2.94. The molecule has 0 amide bonds. The summed E-state index contributed by atoms with van der Waals surface area (Å²) in [4.78, 5) is 4.29. The predicted octanol–water partition coefficient (Wildman–Crippen LogP) is 0.643. The highest BCUT2D eigenvalue weighted by molar-refractivity contribution is 4.96. The van der Waals surface area contributed by atoms with E-state index in [1.165, 1.54) is 12.8 Å². The molecule has 0 aliphatic heterocycles. The Hall–Kier alpha value is -0.940. The van der Waals surface area contributed by atoms with E-state index in [0.717, 1.165) is 18.2 Å². The van der Waals surface area contributed by atoms with Gasteiger partial charge >= 0.3 is 0 Å². The van der Waals surface area contributed by atoms with Crippen LogP contribution in [0, 0.1) is 5.92 Å². The van der Waals surface area contributed by atoms with Crippen molar-refractivity contribution in [3.05, 3.63) is 12.2 Å². The summed E-state index contributed by atoms with van der Waals surface area (Å²) in [6.45, 7) is 4.22. The molecule has 3 N–H and O–H groups in total. The topological polar surface area (TPSA) is 68.8 Å². The normalized spacial score (nSPS) is 18.4. The van der Waals surface area contributed by atoms with Crippen LogP contribution < -0.4 is 11.3 Å². The Kier molecular flexibility index (Phi) is 3.02. The lowest BCUT2D eigenvalue weighted by molar-refractivity contribution is 0.432. The van der Waals surface area contributed by atoms with Crippen LogP contribution in [0.3, 0.4) is 0 Å². The number of rotatable bonds is 5. The monoisotopic (exact) mass is 209 g/mol. The van der Waals surface area contributed by atoms with Crippen molar-refractivity contribution in [3.8, 4) is 0 Å². The first-order valence-corrected chi connectivity index (χ1v) is 5.57. The van der Waals surface area contributed by atoms with Gasteiger partial charge in [-0.05, 0) is 32.6 Å². The van der Waals surface area contributed by atoms with Crippen LogP contribution in [0.25, 0.3) is 0 Å². The van der Waals surface area contributed by atoms with E-state index in [4.69, 9.17) is 5.84 Å². The van der Waals surface area contributed by atoms with Crippen molar-refractivity contribution in [1.29, 1.82) is 0 Å². The SMILES string of the molecule is CC(C)n1ncnc1CC(NN)C1CC1. The van der Waals surface area contributed by atoms with Crippen molar-refractivity contribution in [2.24, 2.45) is 11.8 Å². The second-order valence-electron chi connectivity index (χ2n) is 4.53. The summed E-state index contributed by atoms with van der Waals surface area (Å²) in [5.74, 6) is 7.31. The zero-order chi connectivity index (χ0) is 10.8. The molecule has 1 aliphatic rings. The van der Waals surface area contributed by atoms with E-state index in [-0.39, 0.29) is 0 Å². The summed E-state index contributed by atoms with van der Waals surface area (Å²) in [5.41, 5.74) is 2.89. The number of nitrogens with zero attached hydrogens (tertiary/aromatic N) is 3. The quantitative estimate of drug-likeness (QED) is 0.551. The number of hydrogen-bond donors (Lipinski definition) is 2. The molecule has 84 valence electrons. The molecule has 15 heavy (non-hydrogen) atoms. The number of hydrazine groups is 1. The minimum atomic E-state index is 0.353. The van der Waals surface area contributed by atoms with Gasteiger partial charge in [-0.15, -0.1) is 0 Å². The molecule has 5 heteroatoms. The largest absolute Gasteiger partial charge is 0.271 e. The smallest absolute Gasteiger partial charge is 0.138 e. The van der Waals surface area contributed by atoms with Crippen LogP contribution in [-0.2, 0) is 6.42 Å². The van der Waals surface area contributed by atoms with Crippen molar-refractivity contribution in [1.82, 2.24) is 20.2 Å². The number of aromatic nitrogens is 3. The highest BCUT2D eigenvalue weighted by Gasteiger charge is 2.31. The van der Waals surface area contributed by atoms with E-state index in [1.807, 2.05) is 4.68 Å². The lowest BCUT2D eigenvalue weighted by atomic mass is 10.1. The van der Waals surface area contributed by atoms with Crippen LogP contribution in [-0.4, -0.2) is 20.8 Å². The fourth-order valence-electron chi connectivity index (χ4n) is 1.91. The van der Waals surface area contributed by atoms with E-state index in [2.05, 4.69) is 29.4 Å². The van der Waals surface area contributed by atoms with Gasteiger partial charge in [-0.3, -0.25) is 11.3 Å². The maximum Gasteiger partial charge on any atom is 0.138 e. The molecule has 0 radical (unpaired) electrons. The first-order valence-electron chi connectivity index (χ1n) is 5.57. The van der Waals surface area contributed by atoms with Gasteiger partial charge in [0.2, 0.25) is 0 Å². The Bertz CT molecular complexity index is 315. The molecular weight excluding hydrogens is 190 g/mol. The highest BCUT2D eigenvalue weighted by Crippen LogP contribution is 2.33. The van der Waals surface area contributed by atoms with E-state index in [0.29, 0.717) is 12.1 Å². The molecule has 1 heterocycles. The average Bonchev–Trinajstić information content (AvgIpc) is 2.93. The van der Waals surface area contributed by atoms with Crippen molar-refractivity contribution in [2.45, 2.75) is 45.2 Å². The molecule has 0 spiro atoms. The van der Waals surface area contributed by atoms with Gasteiger partial charge in [-0.2, -0.15) is 5.10 Å². The molecule has 1 fully saturated rings. The van der Waals surface area contributed by atoms with Crippen molar-refractivity contribution in [2.75, 3.05) is 0 Å². The van der Waals surface area contributed by atoms with Crippen LogP contribution in [0.5, 0.6) is 0 Å². The molecule has 5 nitrogen and oxygen atoms in total. The van der Waals surface area contributed by atoms with Crippen LogP contribution in [0.2, 0.25) is 0 Å². The molecule has 1 saturated carbocycles. The molecular formula is C10H19N5. The van der Waals surface area contributed by atoms with Gasteiger partial charge in [0.1, 0.15) is 12.2 Å². The first-order chi connectivity index (χ1) is 7.22. The fraction of sp³-hybridized carbons (Fsp3) is 0.800. The second-order valence-corrected chi connectivity index (χ2v) is 4.53. The molecule has 1 atom stereocenters. The first kappa shape index (κ1) is 10.6. The molecule has 1 aromatic heterocycles. The summed E-state index contributed by atoms with van der Waals surface area (Å²) in [6, 6.07) is 0.715. The lowest BCUT2D eigenvalue weighted by Gasteiger charge is -2.16. The van der Waals surface area contributed by atoms with Gasteiger partial charge in [0.25, 0.3) is 0 Å². The van der Waals surface area contributed by atoms with Gasteiger partial charge in [0, 0.05) is 18.5 Å². The second kappa shape index (κ2) is 4.28. The van der Waals surface area contributed by atoms with E-state index in [1.54, 1.807) is 6.33 Å². The van der Waals surface area contributed by atoms with Crippen molar-refractivity contribution < 1.29 is 0 Å². The van der Waals surface area contributed by atoms with Crippen LogP contribution in [0.1, 0.15) is 38.6 Å². The number of nitrogens with one attached hydrogen (secondary N) is 1.